The van der Waals surface area contributed by atoms with Gasteiger partial charge < -0.3 is 20.1 Å². The number of halogens is 2. The molecule has 1 aromatic carbocycles. The SMILES string of the molecule is CCNC(=NCc1cnn(-c2ccc(Cl)cc2)c1)NCCCOC1CCOC1.I. The molecule has 29 heavy (non-hydrogen) atoms. The number of ether oxygens (including phenoxy) is 2. The third kappa shape index (κ3) is 8.12. The van der Waals surface area contributed by atoms with Crippen LogP contribution in [0.5, 0.6) is 0 Å². The number of nitrogens with one attached hydrogen (secondary N) is 2. The Balaban J connectivity index is 0.00000300. The maximum atomic E-state index is 5.94. The van der Waals surface area contributed by atoms with Crippen LogP contribution in [0.4, 0.5) is 0 Å². The lowest BCUT2D eigenvalue weighted by molar-refractivity contribution is 0.0420. The molecule has 0 amide bonds. The van der Waals surface area contributed by atoms with Crippen LogP contribution >= 0.6 is 35.6 Å². The third-order valence-corrected chi connectivity index (χ3v) is 4.60. The summed E-state index contributed by atoms with van der Waals surface area (Å²) in [6, 6.07) is 7.58. The first-order valence-corrected chi connectivity index (χ1v) is 10.1. The molecular weight excluding hydrogens is 505 g/mol. The van der Waals surface area contributed by atoms with Crippen molar-refractivity contribution in [2.75, 3.05) is 32.9 Å². The van der Waals surface area contributed by atoms with Crippen molar-refractivity contribution < 1.29 is 9.47 Å². The molecule has 2 N–H and O–H groups in total. The van der Waals surface area contributed by atoms with Crippen LogP contribution in [-0.4, -0.2) is 54.8 Å². The summed E-state index contributed by atoms with van der Waals surface area (Å²) in [6.07, 6.45) is 6.00. The van der Waals surface area contributed by atoms with Crippen molar-refractivity contribution in [2.24, 2.45) is 4.99 Å². The highest BCUT2D eigenvalue weighted by molar-refractivity contribution is 14.0. The Labute approximate surface area is 194 Å². The molecule has 0 radical (unpaired) electrons. The summed E-state index contributed by atoms with van der Waals surface area (Å²) in [5.41, 5.74) is 2.01. The van der Waals surface area contributed by atoms with E-state index in [1.165, 1.54) is 0 Å². The summed E-state index contributed by atoms with van der Waals surface area (Å²) in [6.45, 7) is 6.50. The fraction of sp³-hybridized carbons (Fsp3) is 0.500. The fourth-order valence-corrected chi connectivity index (χ4v) is 2.99. The van der Waals surface area contributed by atoms with Crippen LogP contribution in [0, 0.1) is 0 Å². The van der Waals surface area contributed by atoms with Gasteiger partial charge in [0, 0.05) is 43.1 Å². The molecule has 0 saturated carbocycles. The molecule has 3 rings (SSSR count). The van der Waals surface area contributed by atoms with Gasteiger partial charge in [-0.05, 0) is 44.0 Å². The summed E-state index contributed by atoms with van der Waals surface area (Å²) in [5, 5.41) is 11.7. The van der Waals surface area contributed by atoms with Gasteiger partial charge in [0.15, 0.2) is 5.96 Å². The predicted molar refractivity (Wildman–Crippen MR) is 127 cm³/mol. The Morgan fingerprint density at radius 3 is 2.90 bits per heavy atom. The monoisotopic (exact) mass is 533 g/mol. The third-order valence-electron chi connectivity index (χ3n) is 4.35. The highest BCUT2D eigenvalue weighted by Crippen LogP contribution is 2.13. The summed E-state index contributed by atoms with van der Waals surface area (Å²) in [7, 11) is 0. The molecule has 0 bridgehead atoms. The Morgan fingerprint density at radius 1 is 1.34 bits per heavy atom. The van der Waals surface area contributed by atoms with E-state index in [0.717, 1.165) is 63.0 Å². The quantitative estimate of drug-likeness (QED) is 0.224. The minimum absolute atomic E-state index is 0. The minimum Gasteiger partial charge on any atom is -0.379 e. The molecule has 1 fully saturated rings. The molecule has 1 unspecified atom stereocenters. The second-order valence-corrected chi connectivity index (χ2v) is 7.04. The first-order valence-electron chi connectivity index (χ1n) is 9.75. The number of benzene rings is 1. The zero-order chi connectivity index (χ0) is 19.6. The number of nitrogens with zero attached hydrogens (tertiary/aromatic N) is 3. The number of guanidine groups is 1. The summed E-state index contributed by atoms with van der Waals surface area (Å²) < 4.78 is 12.9. The van der Waals surface area contributed by atoms with Crippen molar-refractivity contribution in [2.45, 2.75) is 32.4 Å². The van der Waals surface area contributed by atoms with Crippen molar-refractivity contribution in [3.8, 4) is 5.69 Å². The molecular formula is C20H29ClIN5O2. The first-order chi connectivity index (χ1) is 13.7. The summed E-state index contributed by atoms with van der Waals surface area (Å²) >= 11 is 5.94. The van der Waals surface area contributed by atoms with Crippen molar-refractivity contribution in [3.05, 3.63) is 47.2 Å². The highest BCUT2D eigenvalue weighted by Gasteiger charge is 2.15. The van der Waals surface area contributed by atoms with Crippen molar-refractivity contribution in [1.29, 1.82) is 0 Å². The first kappa shape index (κ1) is 23.9. The molecule has 0 spiro atoms. The lowest BCUT2D eigenvalue weighted by Gasteiger charge is -2.12. The standard InChI is InChI=1S/C20H28ClN5O2.HI/c1-2-22-20(23-9-3-10-28-19-8-11-27-15-19)24-12-16-13-25-26(14-16)18-6-4-17(21)5-7-18;/h4-7,13-14,19H,2-3,8-12,15H2,1H3,(H2,22,23,24);1H. The van der Waals surface area contributed by atoms with Gasteiger partial charge in [-0.1, -0.05) is 11.6 Å². The van der Waals surface area contributed by atoms with E-state index in [-0.39, 0.29) is 30.1 Å². The molecule has 1 aliphatic heterocycles. The number of hydrogen-bond donors (Lipinski definition) is 2. The topological polar surface area (TPSA) is 72.7 Å². The smallest absolute Gasteiger partial charge is 0.191 e. The highest BCUT2D eigenvalue weighted by atomic mass is 127. The van der Waals surface area contributed by atoms with E-state index in [1.807, 2.05) is 41.3 Å². The summed E-state index contributed by atoms with van der Waals surface area (Å²) in [5.74, 6) is 0.797. The summed E-state index contributed by atoms with van der Waals surface area (Å²) in [4.78, 5) is 4.64. The van der Waals surface area contributed by atoms with Gasteiger partial charge in [0.05, 0.1) is 31.1 Å². The lowest BCUT2D eigenvalue weighted by Crippen LogP contribution is -2.38. The molecule has 2 aromatic rings. The van der Waals surface area contributed by atoms with Gasteiger partial charge in [0.1, 0.15) is 0 Å². The van der Waals surface area contributed by atoms with Gasteiger partial charge in [-0.2, -0.15) is 5.10 Å². The van der Waals surface area contributed by atoms with E-state index in [4.69, 9.17) is 21.1 Å². The van der Waals surface area contributed by atoms with Crippen molar-refractivity contribution in [1.82, 2.24) is 20.4 Å². The molecule has 0 aliphatic carbocycles. The van der Waals surface area contributed by atoms with Gasteiger partial charge in [-0.25, -0.2) is 9.67 Å². The molecule has 1 atom stereocenters. The maximum absolute atomic E-state index is 5.94. The Bertz CT molecular complexity index is 748. The molecule has 7 nitrogen and oxygen atoms in total. The van der Waals surface area contributed by atoms with E-state index in [1.54, 1.807) is 0 Å². The van der Waals surface area contributed by atoms with Crippen molar-refractivity contribution >= 4 is 41.5 Å². The number of hydrogen-bond acceptors (Lipinski definition) is 4. The lowest BCUT2D eigenvalue weighted by atomic mass is 10.3. The molecule has 2 heterocycles. The average molecular weight is 534 g/mol. The minimum atomic E-state index is 0. The van der Waals surface area contributed by atoms with Gasteiger partial charge in [-0.15, -0.1) is 24.0 Å². The van der Waals surface area contributed by atoms with Gasteiger partial charge in [0.2, 0.25) is 0 Å². The Morgan fingerprint density at radius 2 is 2.17 bits per heavy atom. The van der Waals surface area contributed by atoms with Crippen LogP contribution in [0.15, 0.2) is 41.7 Å². The van der Waals surface area contributed by atoms with Crippen LogP contribution in [0.2, 0.25) is 5.02 Å². The fourth-order valence-electron chi connectivity index (χ4n) is 2.86. The van der Waals surface area contributed by atoms with Crippen LogP contribution < -0.4 is 10.6 Å². The number of aromatic nitrogens is 2. The number of rotatable bonds is 9. The zero-order valence-corrected chi connectivity index (χ0v) is 19.7. The van der Waals surface area contributed by atoms with Crippen LogP contribution in [0.3, 0.4) is 0 Å². The van der Waals surface area contributed by atoms with E-state index in [0.29, 0.717) is 11.6 Å². The second kappa shape index (κ2) is 13.0. The van der Waals surface area contributed by atoms with E-state index < -0.39 is 0 Å². The molecule has 1 aromatic heterocycles. The second-order valence-electron chi connectivity index (χ2n) is 6.60. The normalized spacial score (nSPS) is 16.5. The average Bonchev–Trinajstić information content (AvgIpc) is 3.38. The van der Waals surface area contributed by atoms with Crippen LogP contribution in [0.1, 0.15) is 25.3 Å². The van der Waals surface area contributed by atoms with E-state index >= 15 is 0 Å². The maximum Gasteiger partial charge on any atom is 0.191 e. The van der Waals surface area contributed by atoms with Crippen LogP contribution in [-0.2, 0) is 16.0 Å². The van der Waals surface area contributed by atoms with Crippen molar-refractivity contribution in [3.63, 3.8) is 0 Å². The zero-order valence-electron chi connectivity index (χ0n) is 16.6. The van der Waals surface area contributed by atoms with Gasteiger partial charge in [0.25, 0.3) is 0 Å². The van der Waals surface area contributed by atoms with Gasteiger partial charge >= 0.3 is 0 Å². The predicted octanol–water partition coefficient (Wildman–Crippen LogP) is 3.39. The molecule has 9 heteroatoms. The largest absolute Gasteiger partial charge is 0.379 e. The van der Waals surface area contributed by atoms with E-state index in [2.05, 4.69) is 27.6 Å². The van der Waals surface area contributed by atoms with Crippen LogP contribution in [0.25, 0.3) is 5.69 Å². The Kier molecular flexibility index (Phi) is 10.8. The van der Waals surface area contributed by atoms with E-state index in [9.17, 15) is 0 Å². The van der Waals surface area contributed by atoms with Gasteiger partial charge in [-0.3, -0.25) is 0 Å². The molecule has 1 aliphatic rings. The number of aliphatic imine (C=N–C) groups is 1. The molecule has 1 saturated heterocycles. The Hall–Kier alpha value is -1.36. The molecule has 160 valence electrons.